The zero-order valence-corrected chi connectivity index (χ0v) is 10.2. The van der Waals surface area contributed by atoms with Crippen molar-refractivity contribution < 1.29 is 23.0 Å². The number of hydrogen-bond acceptors (Lipinski definition) is 3. The molecular formula is C13H16F2O3. The highest BCUT2D eigenvalue weighted by atomic mass is 19.2. The first-order valence-electron chi connectivity index (χ1n) is 5.87. The molecule has 1 aromatic carbocycles. The fourth-order valence-corrected chi connectivity index (χ4v) is 1.36. The molecule has 100 valence electrons. The lowest BCUT2D eigenvalue weighted by Crippen LogP contribution is -2.05. The lowest BCUT2D eigenvalue weighted by Gasteiger charge is -2.06. The first-order chi connectivity index (χ1) is 8.63. The molecule has 0 heterocycles. The van der Waals surface area contributed by atoms with Crippen LogP contribution in [0.4, 0.5) is 8.78 Å². The minimum absolute atomic E-state index is 0.231. The molecule has 0 aliphatic rings. The number of benzene rings is 1. The second-order valence-corrected chi connectivity index (χ2v) is 3.69. The molecule has 0 atom stereocenters. The van der Waals surface area contributed by atoms with Gasteiger partial charge in [0.15, 0.2) is 11.6 Å². The van der Waals surface area contributed by atoms with E-state index >= 15 is 0 Å². The van der Waals surface area contributed by atoms with E-state index < -0.39 is 11.6 Å². The molecule has 0 saturated carbocycles. The molecule has 0 bridgehead atoms. The van der Waals surface area contributed by atoms with Crippen LogP contribution in [0.2, 0.25) is 0 Å². The molecule has 0 aliphatic carbocycles. The number of carbonyl (C=O) groups is 1. The summed E-state index contributed by atoms with van der Waals surface area (Å²) in [6, 6.07) is 3.38. The molecule has 0 fully saturated rings. The molecule has 0 aliphatic heterocycles. The third kappa shape index (κ3) is 5.12. The first kappa shape index (κ1) is 14.4. The van der Waals surface area contributed by atoms with E-state index in [4.69, 9.17) is 9.47 Å². The molecule has 0 aromatic heterocycles. The van der Waals surface area contributed by atoms with Crippen molar-refractivity contribution in [2.24, 2.45) is 0 Å². The van der Waals surface area contributed by atoms with Crippen molar-refractivity contribution >= 4 is 5.97 Å². The van der Waals surface area contributed by atoms with E-state index in [9.17, 15) is 13.6 Å². The Morgan fingerprint density at radius 2 is 2.00 bits per heavy atom. The van der Waals surface area contributed by atoms with Crippen LogP contribution in [0.1, 0.15) is 26.2 Å². The van der Waals surface area contributed by atoms with Crippen LogP contribution in [0, 0.1) is 11.6 Å². The summed E-state index contributed by atoms with van der Waals surface area (Å²) >= 11 is 0. The normalized spacial score (nSPS) is 10.2. The SMILES string of the molecule is CCOC(=O)CCCCOc1ccc(F)c(F)c1. The summed E-state index contributed by atoms with van der Waals surface area (Å²) in [4.78, 5) is 11.0. The number of carbonyl (C=O) groups excluding carboxylic acids is 1. The topological polar surface area (TPSA) is 35.5 Å². The van der Waals surface area contributed by atoms with Gasteiger partial charge >= 0.3 is 5.97 Å². The van der Waals surface area contributed by atoms with Gasteiger partial charge in [0, 0.05) is 12.5 Å². The third-order valence-corrected chi connectivity index (χ3v) is 2.24. The third-order valence-electron chi connectivity index (χ3n) is 2.24. The Morgan fingerprint density at radius 3 is 2.67 bits per heavy atom. The van der Waals surface area contributed by atoms with E-state index in [0.717, 1.165) is 12.1 Å². The Hall–Kier alpha value is -1.65. The Balaban J connectivity index is 2.18. The van der Waals surface area contributed by atoms with Gasteiger partial charge in [-0.3, -0.25) is 4.79 Å². The van der Waals surface area contributed by atoms with Gasteiger partial charge in [-0.2, -0.15) is 0 Å². The summed E-state index contributed by atoms with van der Waals surface area (Å²) < 4.78 is 35.4. The van der Waals surface area contributed by atoms with Gasteiger partial charge in [0.1, 0.15) is 5.75 Å². The van der Waals surface area contributed by atoms with Crippen LogP contribution in [0.3, 0.4) is 0 Å². The van der Waals surface area contributed by atoms with Gasteiger partial charge in [0.2, 0.25) is 0 Å². The predicted octanol–water partition coefficient (Wildman–Crippen LogP) is 3.08. The van der Waals surface area contributed by atoms with Crippen LogP contribution in [0.25, 0.3) is 0 Å². The Labute approximate surface area is 105 Å². The maximum absolute atomic E-state index is 12.8. The van der Waals surface area contributed by atoms with Crippen molar-refractivity contribution in [2.45, 2.75) is 26.2 Å². The highest BCUT2D eigenvalue weighted by Crippen LogP contribution is 2.15. The molecule has 1 aromatic rings. The zero-order valence-electron chi connectivity index (χ0n) is 10.2. The lowest BCUT2D eigenvalue weighted by molar-refractivity contribution is -0.143. The second-order valence-electron chi connectivity index (χ2n) is 3.69. The van der Waals surface area contributed by atoms with Crippen LogP contribution in [-0.4, -0.2) is 19.2 Å². The number of hydrogen-bond donors (Lipinski definition) is 0. The average Bonchev–Trinajstić information content (AvgIpc) is 2.33. The number of rotatable bonds is 7. The summed E-state index contributed by atoms with van der Waals surface area (Å²) in [7, 11) is 0. The minimum atomic E-state index is -0.931. The summed E-state index contributed by atoms with van der Waals surface area (Å²) in [5, 5.41) is 0. The van der Waals surface area contributed by atoms with Crippen LogP contribution >= 0.6 is 0 Å². The zero-order chi connectivity index (χ0) is 13.4. The summed E-state index contributed by atoms with van der Waals surface area (Å²) in [5.74, 6) is -1.78. The lowest BCUT2D eigenvalue weighted by atomic mass is 10.2. The maximum Gasteiger partial charge on any atom is 0.305 e. The van der Waals surface area contributed by atoms with Crippen LogP contribution < -0.4 is 4.74 Å². The minimum Gasteiger partial charge on any atom is -0.493 e. The Bertz CT molecular complexity index is 394. The molecule has 18 heavy (non-hydrogen) atoms. The van der Waals surface area contributed by atoms with E-state index in [1.165, 1.54) is 6.07 Å². The van der Waals surface area contributed by atoms with E-state index in [-0.39, 0.29) is 11.7 Å². The van der Waals surface area contributed by atoms with Crippen molar-refractivity contribution in [2.75, 3.05) is 13.2 Å². The Morgan fingerprint density at radius 1 is 1.22 bits per heavy atom. The molecule has 3 nitrogen and oxygen atoms in total. The van der Waals surface area contributed by atoms with E-state index in [1.54, 1.807) is 6.92 Å². The van der Waals surface area contributed by atoms with Crippen LogP contribution in [0.5, 0.6) is 5.75 Å². The number of halogens is 2. The van der Waals surface area contributed by atoms with Crippen molar-refractivity contribution in [1.82, 2.24) is 0 Å². The largest absolute Gasteiger partial charge is 0.493 e. The molecule has 0 radical (unpaired) electrons. The molecule has 0 unspecified atom stereocenters. The standard InChI is InChI=1S/C13H16F2O3/c1-2-17-13(16)5-3-4-8-18-10-6-7-11(14)12(15)9-10/h6-7,9H,2-5,8H2,1H3. The van der Waals surface area contributed by atoms with Gasteiger partial charge in [0.25, 0.3) is 0 Å². The van der Waals surface area contributed by atoms with Crippen LogP contribution in [-0.2, 0) is 9.53 Å². The summed E-state index contributed by atoms with van der Waals surface area (Å²) in [6.45, 7) is 2.48. The smallest absolute Gasteiger partial charge is 0.305 e. The number of ether oxygens (including phenoxy) is 2. The van der Waals surface area contributed by atoms with E-state index in [2.05, 4.69) is 0 Å². The predicted molar refractivity (Wildman–Crippen MR) is 62.3 cm³/mol. The number of unbranched alkanes of at least 4 members (excludes halogenated alkanes) is 1. The maximum atomic E-state index is 12.8. The average molecular weight is 258 g/mol. The fraction of sp³-hybridized carbons (Fsp3) is 0.462. The Kier molecular flexibility index (Phi) is 6.11. The van der Waals surface area contributed by atoms with Crippen molar-refractivity contribution in [3.63, 3.8) is 0 Å². The summed E-state index contributed by atoms with van der Waals surface area (Å²) in [5.41, 5.74) is 0. The quantitative estimate of drug-likeness (QED) is 0.557. The molecule has 5 heteroatoms. The second kappa shape index (κ2) is 7.63. The van der Waals surface area contributed by atoms with E-state index in [1.807, 2.05) is 0 Å². The molecule has 0 saturated heterocycles. The molecule has 0 amide bonds. The highest BCUT2D eigenvalue weighted by Gasteiger charge is 2.04. The van der Waals surface area contributed by atoms with Gasteiger partial charge in [-0.05, 0) is 31.9 Å². The van der Waals surface area contributed by atoms with Gasteiger partial charge in [-0.15, -0.1) is 0 Å². The monoisotopic (exact) mass is 258 g/mol. The fourth-order valence-electron chi connectivity index (χ4n) is 1.36. The van der Waals surface area contributed by atoms with Gasteiger partial charge in [-0.25, -0.2) is 8.78 Å². The highest BCUT2D eigenvalue weighted by molar-refractivity contribution is 5.69. The van der Waals surface area contributed by atoms with Gasteiger partial charge in [0.05, 0.1) is 13.2 Å². The van der Waals surface area contributed by atoms with Gasteiger partial charge < -0.3 is 9.47 Å². The molecule has 0 N–H and O–H groups in total. The molecule has 1 rings (SSSR count). The van der Waals surface area contributed by atoms with Gasteiger partial charge in [-0.1, -0.05) is 0 Å². The first-order valence-corrected chi connectivity index (χ1v) is 5.87. The van der Waals surface area contributed by atoms with Crippen molar-refractivity contribution in [1.29, 1.82) is 0 Å². The van der Waals surface area contributed by atoms with Crippen LogP contribution in [0.15, 0.2) is 18.2 Å². The molecular weight excluding hydrogens is 242 g/mol. The van der Waals surface area contributed by atoms with Crippen molar-refractivity contribution in [3.8, 4) is 5.75 Å². The number of esters is 1. The van der Waals surface area contributed by atoms with E-state index in [0.29, 0.717) is 32.5 Å². The molecule has 0 spiro atoms. The summed E-state index contributed by atoms with van der Waals surface area (Å²) in [6.07, 6.45) is 1.63. The van der Waals surface area contributed by atoms with Crippen molar-refractivity contribution in [3.05, 3.63) is 29.8 Å².